The molecule has 1 aliphatic rings. The first-order chi connectivity index (χ1) is 18.7. The lowest BCUT2D eigenvalue weighted by atomic mass is 10.0. The van der Waals surface area contributed by atoms with Crippen LogP contribution in [0.4, 0.5) is 11.8 Å². The smallest absolute Gasteiger partial charge is 0.225 e. The first-order valence-electron chi connectivity index (χ1n) is 13.1. The van der Waals surface area contributed by atoms with Gasteiger partial charge in [-0.2, -0.15) is 4.98 Å². The summed E-state index contributed by atoms with van der Waals surface area (Å²) < 4.78 is 16.9. The van der Waals surface area contributed by atoms with E-state index in [1.807, 2.05) is 42.5 Å². The van der Waals surface area contributed by atoms with Crippen LogP contribution in [-0.2, 0) is 6.54 Å². The number of anilines is 2. The molecular formula is C30H35N5O3. The molecule has 1 aliphatic heterocycles. The van der Waals surface area contributed by atoms with Crippen molar-refractivity contribution in [2.45, 2.75) is 25.4 Å². The van der Waals surface area contributed by atoms with Crippen molar-refractivity contribution in [3.8, 4) is 17.2 Å². The third-order valence-corrected chi connectivity index (χ3v) is 6.78. The number of benzene rings is 3. The summed E-state index contributed by atoms with van der Waals surface area (Å²) in [5, 5.41) is 7.89. The van der Waals surface area contributed by atoms with Crippen LogP contribution in [0.1, 0.15) is 18.4 Å². The van der Waals surface area contributed by atoms with Gasteiger partial charge >= 0.3 is 0 Å². The molecule has 0 saturated carbocycles. The molecule has 2 N–H and O–H groups in total. The first-order valence-corrected chi connectivity index (χ1v) is 13.1. The second-order valence-corrected chi connectivity index (χ2v) is 9.39. The zero-order chi connectivity index (χ0) is 26.2. The summed E-state index contributed by atoms with van der Waals surface area (Å²) in [4.78, 5) is 12.2. The second kappa shape index (κ2) is 12.5. The molecule has 0 aliphatic carbocycles. The van der Waals surface area contributed by atoms with Crippen LogP contribution in [0.15, 0.2) is 72.8 Å². The number of hydrogen-bond acceptors (Lipinski definition) is 8. The molecule has 4 aromatic rings. The Bertz CT molecular complexity index is 1310. The molecule has 0 bridgehead atoms. The number of nitrogens with zero attached hydrogens (tertiary/aromatic N) is 3. The highest BCUT2D eigenvalue weighted by atomic mass is 16.5. The van der Waals surface area contributed by atoms with Crippen molar-refractivity contribution in [2.24, 2.45) is 0 Å². The summed E-state index contributed by atoms with van der Waals surface area (Å²) in [6.45, 7) is 4.15. The maximum atomic E-state index is 5.85. The van der Waals surface area contributed by atoms with Gasteiger partial charge in [-0.1, -0.05) is 48.5 Å². The Morgan fingerprint density at radius 2 is 1.55 bits per heavy atom. The Balaban J connectivity index is 1.28. The van der Waals surface area contributed by atoms with E-state index in [9.17, 15) is 0 Å². The third kappa shape index (κ3) is 6.44. The molecule has 0 amide bonds. The summed E-state index contributed by atoms with van der Waals surface area (Å²) in [7, 11) is 3.26. The summed E-state index contributed by atoms with van der Waals surface area (Å²) in [5.41, 5.74) is 2.14. The predicted molar refractivity (Wildman–Crippen MR) is 151 cm³/mol. The highest BCUT2D eigenvalue weighted by molar-refractivity contribution is 5.92. The first kappa shape index (κ1) is 25.6. The fourth-order valence-corrected chi connectivity index (χ4v) is 4.77. The standard InChI is InChI=1S/C30H35N5O3/c1-36-27-19-25-26(20-28(27)37-2)33-30(34-29(25)31-15-18-38-24-11-7-4-8-12-24)32-23-13-16-35(17-14-23)21-22-9-5-3-6-10-22/h3-12,19-20,23H,13-18,21H2,1-2H3,(H2,31,32,33,34). The van der Waals surface area contributed by atoms with Gasteiger partial charge in [0.15, 0.2) is 11.5 Å². The van der Waals surface area contributed by atoms with Crippen molar-refractivity contribution in [1.29, 1.82) is 0 Å². The highest BCUT2D eigenvalue weighted by Gasteiger charge is 2.21. The fourth-order valence-electron chi connectivity index (χ4n) is 4.77. The minimum absolute atomic E-state index is 0.314. The Morgan fingerprint density at radius 1 is 0.868 bits per heavy atom. The van der Waals surface area contributed by atoms with E-state index in [2.05, 4.69) is 45.9 Å². The van der Waals surface area contributed by atoms with E-state index >= 15 is 0 Å². The normalized spacial score (nSPS) is 14.3. The van der Waals surface area contributed by atoms with Crippen molar-refractivity contribution in [3.05, 3.63) is 78.4 Å². The fraction of sp³-hybridized carbons (Fsp3) is 0.333. The number of nitrogens with one attached hydrogen (secondary N) is 2. The van der Waals surface area contributed by atoms with Crippen LogP contribution in [-0.4, -0.2) is 61.4 Å². The lowest BCUT2D eigenvalue weighted by Crippen LogP contribution is -2.39. The topological polar surface area (TPSA) is 80.8 Å². The molecule has 1 saturated heterocycles. The molecule has 38 heavy (non-hydrogen) atoms. The lowest BCUT2D eigenvalue weighted by molar-refractivity contribution is 0.211. The average molecular weight is 514 g/mol. The number of ether oxygens (including phenoxy) is 3. The van der Waals surface area contributed by atoms with E-state index in [1.165, 1.54) is 5.56 Å². The van der Waals surface area contributed by atoms with Crippen molar-refractivity contribution in [1.82, 2.24) is 14.9 Å². The monoisotopic (exact) mass is 513 g/mol. The van der Waals surface area contributed by atoms with Gasteiger partial charge in [0.2, 0.25) is 5.95 Å². The van der Waals surface area contributed by atoms with E-state index in [0.717, 1.165) is 54.9 Å². The van der Waals surface area contributed by atoms with Gasteiger partial charge in [-0.25, -0.2) is 4.98 Å². The van der Waals surface area contributed by atoms with Crippen molar-refractivity contribution >= 4 is 22.7 Å². The number of piperidine rings is 1. The molecule has 8 nitrogen and oxygen atoms in total. The molecule has 5 rings (SSSR count). The Hall–Kier alpha value is -4.04. The van der Waals surface area contributed by atoms with Gasteiger partial charge in [-0.15, -0.1) is 0 Å². The molecule has 2 heterocycles. The van der Waals surface area contributed by atoms with E-state index in [-0.39, 0.29) is 0 Å². The molecule has 0 spiro atoms. The molecule has 1 aromatic heterocycles. The van der Waals surface area contributed by atoms with E-state index in [1.54, 1.807) is 14.2 Å². The largest absolute Gasteiger partial charge is 0.493 e. The Morgan fingerprint density at radius 3 is 2.26 bits per heavy atom. The third-order valence-electron chi connectivity index (χ3n) is 6.78. The Kier molecular flexibility index (Phi) is 8.40. The lowest BCUT2D eigenvalue weighted by Gasteiger charge is -2.32. The van der Waals surface area contributed by atoms with Crippen LogP contribution in [0.5, 0.6) is 17.2 Å². The zero-order valence-corrected chi connectivity index (χ0v) is 22.0. The number of aromatic nitrogens is 2. The quantitative estimate of drug-likeness (QED) is 0.265. The van der Waals surface area contributed by atoms with Gasteiger partial charge in [-0.3, -0.25) is 4.90 Å². The molecule has 0 atom stereocenters. The van der Waals surface area contributed by atoms with Crippen LogP contribution in [0, 0.1) is 0 Å². The van der Waals surface area contributed by atoms with Gasteiger partial charge in [0.05, 0.1) is 26.3 Å². The second-order valence-electron chi connectivity index (χ2n) is 9.39. The molecule has 0 radical (unpaired) electrons. The number of fused-ring (bicyclic) bond motifs is 1. The number of rotatable bonds is 11. The number of methoxy groups -OCH3 is 2. The summed E-state index contributed by atoms with van der Waals surface area (Å²) in [5.74, 6) is 3.46. The number of hydrogen-bond donors (Lipinski definition) is 2. The molecular weight excluding hydrogens is 478 g/mol. The van der Waals surface area contributed by atoms with Gasteiger partial charge < -0.3 is 24.8 Å². The van der Waals surface area contributed by atoms with Gasteiger partial charge in [0, 0.05) is 37.1 Å². The van der Waals surface area contributed by atoms with E-state index in [4.69, 9.17) is 24.2 Å². The van der Waals surface area contributed by atoms with Gasteiger partial charge in [-0.05, 0) is 36.6 Å². The average Bonchev–Trinajstić information content (AvgIpc) is 2.96. The minimum atomic E-state index is 0.314. The highest BCUT2D eigenvalue weighted by Crippen LogP contribution is 2.34. The van der Waals surface area contributed by atoms with Crippen molar-refractivity contribution < 1.29 is 14.2 Å². The molecule has 3 aromatic carbocycles. The van der Waals surface area contributed by atoms with Crippen LogP contribution in [0.2, 0.25) is 0 Å². The maximum absolute atomic E-state index is 5.85. The SMILES string of the molecule is COc1cc2nc(NC3CCN(Cc4ccccc4)CC3)nc(NCCOc3ccccc3)c2cc1OC. The van der Waals surface area contributed by atoms with Crippen LogP contribution >= 0.6 is 0 Å². The summed E-state index contributed by atoms with van der Waals surface area (Å²) in [6.07, 6.45) is 2.07. The minimum Gasteiger partial charge on any atom is -0.493 e. The number of likely N-dealkylation sites (tertiary alicyclic amines) is 1. The van der Waals surface area contributed by atoms with Crippen LogP contribution in [0.3, 0.4) is 0 Å². The van der Waals surface area contributed by atoms with Gasteiger partial charge in [0.1, 0.15) is 18.2 Å². The molecule has 1 fully saturated rings. The predicted octanol–water partition coefficient (Wildman–Crippen LogP) is 5.21. The molecule has 0 unspecified atom stereocenters. The van der Waals surface area contributed by atoms with E-state index < -0.39 is 0 Å². The molecule has 198 valence electrons. The van der Waals surface area contributed by atoms with Crippen molar-refractivity contribution in [3.63, 3.8) is 0 Å². The van der Waals surface area contributed by atoms with Gasteiger partial charge in [0.25, 0.3) is 0 Å². The molecule has 8 heteroatoms. The summed E-state index contributed by atoms with van der Waals surface area (Å²) >= 11 is 0. The number of para-hydroxylation sites is 1. The maximum Gasteiger partial charge on any atom is 0.225 e. The Labute approximate surface area is 224 Å². The van der Waals surface area contributed by atoms with E-state index in [0.29, 0.717) is 36.6 Å². The van der Waals surface area contributed by atoms with Crippen LogP contribution in [0.25, 0.3) is 10.9 Å². The summed E-state index contributed by atoms with van der Waals surface area (Å²) in [6, 6.07) is 24.6. The van der Waals surface area contributed by atoms with Crippen LogP contribution < -0.4 is 24.8 Å². The zero-order valence-electron chi connectivity index (χ0n) is 22.0. The van der Waals surface area contributed by atoms with Crippen molar-refractivity contribution in [2.75, 3.05) is 51.1 Å².